The largest absolute Gasteiger partial charge is 0.445 e. The summed E-state index contributed by atoms with van der Waals surface area (Å²) in [4.78, 5) is 30.2. The van der Waals surface area contributed by atoms with E-state index in [0.717, 1.165) is 74.8 Å². The zero-order valence-corrected chi connectivity index (χ0v) is 19.6. The monoisotopic (exact) mass is 462 g/mol. The minimum Gasteiger partial charge on any atom is -0.445 e. The summed E-state index contributed by atoms with van der Waals surface area (Å²) >= 11 is 0. The Morgan fingerprint density at radius 1 is 0.941 bits per heavy atom. The van der Waals surface area contributed by atoms with Crippen LogP contribution in [0.4, 0.5) is 4.79 Å². The summed E-state index contributed by atoms with van der Waals surface area (Å²) in [6.07, 6.45) is 5.97. The average molecular weight is 463 g/mol. The number of H-pyrrole nitrogens is 1. The molecule has 2 aliphatic rings. The van der Waals surface area contributed by atoms with Gasteiger partial charge in [-0.15, -0.1) is 0 Å². The van der Waals surface area contributed by atoms with Gasteiger partial charge < -0.3 is 19.9 Å². The standard InChI is InChI=1S/C27H34N4O3/c32-26-29-24-8-4-5-9-25(24)31(26)23-14-16-30(17-15-23)18-20-10-12-22(13-11-20)28-27(33)34-19-21-6-2-1-3-7-21/h1-9,20,22-23H,10-19H2,(H,28,33)(H,29,32)/t20-,22-. The minimum atomic E-state index is -0.318. The van der Waals surface area contributed by atoms with Crippen molar-refractivity contribution < 1.29 is 9.53 Å². The number of amides is 1. The highest BCUT2D eigenvalue weighted by atomic mass is 16.5. The van der Waals surface area contributed by atoms with Crippen LogP contribution in [0.3, 0.4) is 0 Å². The number of ether oxygens (including phenoxy) is 1. The molecular formula is C27H34N4O3. The summed E-state index contributed by atoms with van der Waals surface area (Å²) in [5, 5.41) is 3.04. The second-order valence-corrected chi connectivity index (χ2v) is 9.77. The Balaban J connectivity index is 1.03. The molecule has 2 N–H and O–H groups in total. The first-order chi connectivity index (χ1) is 16.7. The van der Waals surface area contributed by atoms with Gasteiger partial charge in [-0.3, -0.25) is 4.57 Å². The SMILES string of the molecule is O=C(N[C@H]1CC[C@H](CN2CCC(n3c(=O)[nH]c4ccccc43)CC2)CC1)OCc1ccccc1. The van der Waals surface area contributed by atoms with Gasteiger partial charge in [0.2, 0.25) is 0 Å². The van der Waals surface area contributed by atoms with E-state index in [1.807, 2.05) is 59.2 Å². The molecule has 7 heteroatoms. The van der Waals surface area contributed by atoms with Crippen LogP contribution in [0.25, 0.3) is 11.0 Å². The van der Waals surface area contributed by atoms with Gasteiger partial charge in [0.1, 0.15) is 6.61 Å². The van der Waals surface area contributed by atoms with Crippen molar-refractivity contribution in [3.63, 3.8) is 0 Å². The number of carbonyl (C=O) groups is 1. The van der Waals surface area contributed by atoms with E-state index in [1.54, 1.807) is 0 Å². The normalized spacial score (nSPS) is 22.0. The van der Waals surface area contributed by atoms with E-state index in [2.05, 4.69) is 15.2 Å². The number of imidazole rings is 1. The summed E-state index contributed by atoms with van der Waals surface area (Å²) in [6, 6.07) is 18.2. The highest BCUT2D eigenvalue weighted by Crippen LogP contribution is 2.29. The predicted octanol–water partition coefficient (Wildman–Crippen LogP) is 4.45. The molecule has 5 rings (SSSR count). The second-order valence-electron chi connectivity index (χ2n) is 9.77. The molecule has 2 aromatic carbocycles. The van der Waals surface area contributed by atoms with Crippen LogP contribution in [0.1, 0.15) is 50.1 Å². The Kier molecular flexibility index (Phi) is 7.00. The number of hydrogen-bond donors (Lipinski definition) is 2. The third-order valence-electron chi connectivity index (χ3n) is 7.44. The summed E-state index contributed by atoms with van der Waals surface area (Å²) in [5.41, 5.74) is 2.94. The van der Waals surface area contributed by atoms with Crippen molar-refractivity contribution in [2.45, 2.75) is 57.2 Å². The van der Waals surface area contributed by atoms with Crippen LogP contribution < -0.4 is 11.0 Å². The van der Waals surface area contributed by atoms with Crippen molar-refractivity contribution in [2.75, 3.05) is 19.6 Å². The van der Waals surface area contributed by atoms with Gasteiger partial charge in [-0.05, 0) is 62.1 Å². The number of piperidine rings is 1. The van der Waals surface area contributed by atoms with Crippen LogP contribution >= 0.6 is 0 Å². The lowest BCUT2D eigenvalue weighted by Gasteiger charge is -2.37. The smallest absolute Gasteiger partial charge is 0.407 e. The predicted molar refractivity (Wildman–Crippen MR) is 133 cm³/mol. The lowest BCUT2D eigenvalue weighted by Crippen LogP contribution is -2.42. The van der Waals surface area contributed by atoms with E-state index in [0.29, 0.717) is 12.5 Å². The molecule has 2 heterocycles. The quantitative estimate of drug-likeness (QED) is 0.567. The number of rotatable bonds is 6. The highest BCUT2D eigenvalue weighted by molar-refractivity contribution is 5.75. The molecule has 1 saturated heterocycles. The number of aromatic amines is 1. The number of para-hydroxylation sites is 2. The first-order valence-electron chi connectivity index (χ1n) is 12.5. The second kappa shape index (κ2) is 10.5. The van der Waals surface area contributed by atoms with Crippen molar-refractivity contribution >= 4 is 17.1 Å². The van der Waals surface area contributed by atoms with Crippen LogP contribution in [0, 0.1) is 5.92 Å². The molecule has 7 nitrogen and oxygen atoms in total. The maximum atomic E-state index is 12.5. The first-order valence-corrected chi connectivity index (χ1v) is 12.5. The van der Waals surface area contributed by atoms with Gasteiger partial charge >= 0.3 is 11.8 Å². The summed E-state index contributed by atoms with van der Waals surface area (Å²) in [5.74, 6) is 0.672. The number of likely N-dealkylation sites (tertiary alicyclic amines) is 1. The van der Waals surface area contributed by atoms with Crippen LogP contribution in [0.2, 0.25) is 0 Å². The zero-order chi connectivity index (χ0) is 23.3. The Hall–Kier alpha value is -3.06. The van der Waals surface area contributed by atoms with Crippen molar-refractivity contribution in [2.24, 2.45) is 5.92 Å². The van der Waals surface area contributed by atoms with E-state index in [1.165, 1.54) is 0 Å². The lowest BCUT2D eigenvalue weighted by atomic mass is 9.85. The number of nitrogens with zero attached hydrogens (tertiary/aromatic N) is 2. The lowest BCUT2D eigenvalue weighted by molar-refractivity contribution is 0.123. The van der Waals surface area contributed by atoms with E-state index < -0.39 is 0 Å². The number of aromatic nitrogens is 2. The summed E-state index contributed by atoms with van der Waals surface area (Å²) in [7, 11) is 0. The number of alkyl carbamates (subject to hydrolysis) is 1. The highest BCUT2D eigenvalue weighted by Gasteiger charge is 2.28. The third kappa shape index (κ3) is 5.36. The Bertz CT molecular complexity index is 1140. The number of fused-ring (bicyclic) bond motifs is 1. The number of hydrogen-bond acceptors (Lipinski definition) is 4. The fraction of sp³-hybridized carbons (Fsp3) is 0.481. The molecule has 1 aliphatic carbocycles. The van der Waals surface area contributed by atoms with Crippen LogP contribution in [0.5, 0.6) is 0 Å². The molecule has 0 atom stereocenters. The molecule has 3 aromatic rings. The molecule has 2 fully saturated rings. The fourth-order valence-electron chi connectivity index (χ4n) is 5.58. The molecule has 0 radical (unpaired) electrons. The van der Waals surface area contributed by atoms with Gasteiger partial charge in [0.25, 0.3) is 0 Å². The summed E-state index contributed by atoms with van der Waals surface area (Å²) < 4.78 is 7.33. The van der Waals surface area contributed by atoms with Gasteiger partial charge in [-0.2, -0.15) is 0 Å². The zero-order valence-electron chi connectivity index (χ0n) is 19.6. The molecule has 0 spiro atoms. The van der Waals surface area contributed by atoms with Gasteiger partial charge in [0.15, 0.2) is 0 Å². The Morgan fingerprint density at radius 2 is 1.65 bits per heavy atom. The number of benzene rings is 2. The number of nitrogens with one attached hydrogen (secondary N) is 2. The van der Waals surface area contributed by atoms with Crippen LogP contribution in [0.15, 0.2) is 59.4 Å². The first kappa shape index (κ1) is 22.7. The molecule has 0 unspecified atom stereocenters. The molecule has 1 amide bonds. The molecule has 1 saturated carbocycles. The van der Waals surface area contributed by atoms with E-state index >= 15 is 0 Å². The van der Waals surface area contributed by atoms with Gasteiger partial charge in [0, 0.05) is 31.7 Å². The molecule has 180 valence electrons. The summed E-state index contributed by atoms with van der Waals surface area (Å²) in [6.45, 7) is 3.48. The average Bonchev–Trinajstić information content (AvgIpc) is 3.21. The number of carbonyl (C=O) groups excluding carboxylic acids is 1. The molecular weight excluding hydrogens is 428 g/mol. The van der Waals surface area contributed by atoms with E-state index in [4.69, 9.17) is 4.74 Å². The van der Waals surface area contributed by atoms with E-state index in [-0.39, 0.29) is 23.9 Å². The molecule has 0 bridgehead atoms. The van der Waals surface area contributed by atoms with Crippen LogP contribution in [-0.4, -0.2) is 46.2 Å². The van der Waals surface area contributed by atoms with E-state index in [9.17, 15) is 9.59 Å². The third-order valence-corrected chi connectivity index (χ3v) is 7.44. The Morgan fingerprint density at radius 3 is 2.41 bits per heavy atom. The van der Waals surface area contributed by atoms with Crippen LogP contribution in [-0.2, 0) is 11.3 Å². The van der Waals surface area contributed by atoms with Gasteiger partial charge in [0.05, 0.1) is 11.0 Å². The maximum absolute atomic E-state index is 12.5. The van der Waals surface area contributed by atoms with Crippen molar-refractivity contribution in [1.29, 1.82) is 0 Å². The van der Waals surface area contributed by atoms with Crippen molar-refractivity contribution in [3.8, 4) is 0 Å². The molecule has 34 heavy (non-hydrogen) atoms. The molecule has 1 aliphatic heterocycles. The van der Waals surface area contributed by atoms with Crippen molar-refractivity contribution in [3.05, 3.63) is 70.6 Å². The Labute approximate surface area is 200 Å². The minimum absolute atomic E-state index is 0.00719. The van der Waals surface area contributed by atoms with Gasteiger partial charge in [-0.1, -0.05) is 42.5 Å². The van der Waals surface area contributed by atoms with Gasteiger partial charge in [-0.25, -0.2) is 9.59 Å². The van der Waals surface area contributed by atoms with Crippen molar-refractivity contribution in [1.82, 2.24) is 19.8 Å². The fourth-order valence-corrected chi connectivity index (χ4v) is 5.58. The molecule has 1 aromatic heterocycles. The topological polar surface area (TPSA) is 79.4 Å². The maximum Gasteiger partial charge on any atom is 0.407 e.